The highest BCUT2D eigenvalue weighted by Gasteiger charge is 2.30. The molecule has 5 rings (SSSR count). The number of anilines is 3. The monoisotopic (exact) mass is 440 g/mol. The number of hydrogen-bond acceptors (Lipinski definition) is 10. The number of allylic oxidation sites excluding steroid dienone is 2. The molecule has 2 aromatic rings. The maximum absolute atomic E-state index is 11.3. The van der Waals surface area contributed by atoms with E-state index < -0.39 is 16.3 Å². The van der Waals surface area contributed by atoms with Crippen molar-refractivity contribution in [1.29, 1.82) is 0 Å². The van der Waals surface area contributed by atoms with Crippen LogP contribution in [-0.2, 0) is 22.2 Å². The second kappa shape index (κ2) is 8.33. The van der Waals surface area contributed by atoms with Crippen LogP contribution in [-0.4, -0.2) is 66.8 Å². The van der Waals surface area contributed by atoms with Crippen LogP contribution in [0.15, 0.2) is 36.3 Å². The Morgan fingerprint density at radius 2 is 1.94 bits per heavy atom. The van der Waals surface area contributed by atoms with E-state index in [2.05, 4.69) is 19.8 Å². The molecule has 0 saturated carbocycles. The summed E-state index contributed by atoms with van der Waals surface area (Å²) in [6.07, 6.45) is 10.1. The van der Waals surface area contributed by atoms with Gasteiger partial charge in [0, 0.05) is 54.1 Å². The average Bonchev–Trinajstić information content (AvgIpc) is 3.24. The Morgan fingerprint density at radius 3 is 2.61 bits per heavy atom. The first-order valence-electron chi connectivity index (χ1n) is 10.2. The summed E-state index contributed by atoms with van der Waals surface area (Å²) in [5, 5.41) is -0.484. The predicted octanol–water partition coefficient (Wildman–Crippen LogP) is 0.806. The summed E-state index contributed by atoms with van der Waals surface area (Å²) in [7, 11) is 0. The van der Waals surface area contributed by atoms with Crippen LogP contribution in [0.2, 0.25) is 0 Å². The van der Waals surface area contributed by atoms with Crippen molar-refractivity contribution in [2.75, 3.05) is 48.4 Å². The summed E-state index contributed by atoms with van der Waals surface area (Å²) in [6.45, 7) is 3.44. The van der Waals surface area contributed by atoms with Crippen LogP contribution in [0.3, 0.4) is 0 Å². The first-order valence-corrected chi connectivity index (χ1v) is 11.3. The fraction of sp³-hybridized carbons (Fsp3) is 0.400. The van der Waals surface area contributed by atoms with Crippen LogP contribution in [0, 0.1) is 0 Å². The lowest BCUT2D eigenvalue weighted by Crippen LogP contribution is -2.37. The van der Waals surface area contributed by atoms with E-state index in [1.54, 1.807) is 18.5 Å². The fourth-order valence-electron chi connectivity index (χ4n) is 4.03. The van der Waals surface area contributed by atoms with Crippen molar-refractivity contribution in [2.45, 2.75) is 18.1 Å². The highest BCUT2D eigenvalue weighted by atomic mass is 32.2. The van der Waals surface area contributed by atoms with Gasteiger partial charge >= 0.3 is 0 Å². The molecule has 11 heteroatoms. The highest BCUT2D eigenvalue weighted by molar-refractivity contribution is 7.80. The first kappa shape index (κ1) is 20.0. The normalized spacial score (nSPS) is 21.7. The number of nitrogens with two attached hydrogens (primary N) is 1. The molecule has 2 atom stereocenters. The third-order valence-corrected chi connectivity index (χ3v) is 6.50. The van der Waals surface area contributed by atoms with Gasteiger partial charge in [-0.3, -0.25) is 4.21 Å². The van der Waals surface area contributed by atoms with Crippen LogP contribution >= 0.6 is 0 Å². The van der Waals surface area contributed by atoms with Crippen molar-refractivity contribution in [1.82, 2.24) is 19.9 Å². The molecule has 1 aliphatic carbocycles. The summed E-state index contributed by atoms with van der Waals surface area (Å²) in [4.78, 5) is 22.3. The van der Waals surface area contributed by atoms with Gasteiger partial charge in [-0.2, -0.15) is 4.98 Å². The largest absolute Gasteiger partial charge is 0.772 e. The molecule has 2 unspecified atom stereocenters. The topological polar surface area (TPSA) is 133 Å². The van der Waals surface area contributed by atoms with Crippen LogP contribution in [0.4, 0.5) is 17.7 Å². The molecule has 0 radical (unpaired) electrons. The van der Waals surface area contributed by atoms with Gasteiger partial charge in [0.1, 0.15) is 5.82 Å². The van der Waals surface area contributed by atoms with Crippen molar-refractivity contribution in [3.63, 3.8) is 0 Å². The van der Waals surface area contributed by atoms with Gasteiger partial charge < -0.3 is 24.8 Å². The number of hydrogen-bond donors (Lipinski definition) is 1. The summed E-state index contributed by atoms with van der Waals surface area (Å²) in [6, 6.07) is 0. The first-order chi connectivity index (χ1) is 15.1. The maximum Gasteiger partial charge on any atom is 0.228 e. The number of nitrogen functional groups attached to an aromatic ring is 1. The van der Waals surface area contributed by atoms with E-state index in [9.17, 15) is 8.76 Å². The molecular weight excluding hydrogens is 418 g/mol. The molecule has 0 spiro atoms. The molecule has 2 N–H and O–H groups in total. The smallest absolute Gasteiger partial charge is 0.228 e. The average molecular weight is 441 g/mol. The molecule has 0 bridgehead atoms. The lowest BCUT2D eigenvalue weighted by Gasteiger charge is -2.29. The maximum atomic E-state index is 11.3. The number of aromatic nitrogens is 4. The van der Waals surface area contributed by atoms with E-state index in [0.717, 1.165) is 54.4 Å². The second-order valence-electron chi connectivity index (χ2n) is 7.53. The van der Waals surface area contributed by atoms with Gasteiger partial charge in [-0.1, -0.05) is 12.2 Å². The highest BCUT2D eigenvalue weighted by Crippen LogP contribution is 2.38. The zero-order valence-corrected chi connectivity index (χ0v) is 17.6. The summed E-state index contributed by atoms with van der Waals surface area (Å²) in [5.74, 6) is 1.69. The Morgan fingerprint density at radius 1 is 1.16 bits per heavy atom. The number of rotatable bonds is 4. The Hall–Kier alpha value is -2.89. The van der Waals surface area contributed by atoms with Crippen LogP contribution in [0.5, 0.6) is 0 Å². The van der Waals surface area contributed by atoms with Crippen molar-refractivity contribution in [3.8, 4) is 11.3 Å². The van der Waals surface area contributed by atoms with E-state index >= 15 is 0 Å². The third-order valence-electron chi connectivity index (χ3n) is 5.65. The predicted molar refractivity (Wildman–Crippen MR) is 116 cm³/mol. The van der Waals surface area contributed by atoms with Gasteiger partial charge in [-0.25, -0.2) is 15.0 Å². The van der Waals surface area contributed by atoms with Gasteiger partial charge in [0.25, 0.3) is 0 Å². The minimum Gasteiger partial charge on any atom is -0.772 e. The van der Waals surface area contributed by atoms with Gasteiger partial charge in [0.05, 0.1) is 18.9 Å². The zero-order valence-electron chi connectivity index (χ0n) is 16.8. The molecule has 1 saturated heterocycles. The zero-order chi connectivity index (χ0) is 21.4. The van der Waals surface area contributed by atoms with Gasteiger partial charge in [0.2, 0.25) is 11.9 Å². The molecule has 3 aliphatic rings. The SMILES string of the molecule is Nc1ncc(-c2nc(N3CCOCC3)nc3c2CCN3C2=CCC(S(=O)[O-])C=C2)cn1. The summed E-state index contributed by atoms with van der Waals surface area (Å²) < 4.78 is 28.0. The number of fused-ring (bicyclic) bond motifs is 1. The molecule has 0 amide bonds. The van der Waals surface area contributed by atoms with Gasteiger partial charge in [0.15, 0.2) is 0 Å². The minimum atomic E-state index is -2.12. The molecule has 2 aliphatic heterocycles. The number of morpholine rings is 1. The van der Waals surface area contributed by atoms with Gasteiger partial charge in [-0.15, -0.1) is 0 Å². The second-order valence-corrected chi connectivity index (χ2v) is 8.65. The standard InChI is InChI=1S/C20H23N7O3S/c21-19-22-11-13(12-23-19)17-16-5-6-27(14-1-3-15(4-2-14)31(28)29)18(16)25-20(24-17)26-7-9-30-10-8-26/h1-3,11-12,15H,4-10H2,(H,28,29)(H2,21,22,23)/p-1. The lowest BCUT2D eigenvalue weighted by molar-refractivity contribution is 0.122. The Kier molecular flexibility index (Phi) is 5.38. The summed E-state index contributed by atoms with van der Waals surface area (Å²) in [5.41, 5.74) is 9.23. The minimum absolute atomic E-state index is 0.215. The van der Waals surface area contributed by atoms with Crippen molar-refractivity contribution >= 4 is 28.8 Å². The van der Waals surface area contributed by atoms with Crippen molar-refractivity contribution in [2.24, 2.45) is 0 Å². The van der Waals surface area contributed by atoms with E-state index in [4.69, 9.17) is 20.4 Å². The van der Waals surface area contributed by atoms with E-state index in [1.807, 2.05) is 12.2 Å². The van der Waals surface area contributed by atoms with Crippen molar-refractivity contribution < 1.29 is 13.5 Å². The number of ether oxygens (including phenoxy) is 1. The molecule has 162 valence electrons. The molecule has 4 heterocycles. The fourth-order valence-corrected chi connectivity index (χ4v) is 4.49. The molecule has 31 heavy (non-hydrogen) atoms. The lowest BCUT2D eigenvalue weighted by atomic mass is 10.1. The van der Waals surface area contributed by atoms with Crippen LogP contribution < -0.4 is 15.5 Å². The van der Waals surface area contributed by atoms with Gasteiger partial charge in [-0.05, 0) is 30.0 Å². The molecule has 10 nitrogen and oxygen atoms in total. The quantitative estimate of drug-likeness (QED) is 0.681. The van der Waals surface area contributed by atoms with E-state index in [1.165, 1.54) is 0 Å². The molecule has 0 aromatic carbocycles. The Bertz CT molecular complexity index is 1070. The molecule has 2 aromatic heterocycles. The molecular formula is C20H22N7O3S-. The third kappa shape index (κ3) is 3.91. The van der Waals surface area contributed by atoms with Crippen LogP contribution in [0.25, 0.3) is 11.3 Å². The Labute approximate surface area is 182 Å². The summed E-state index contributed by atoms with van der Waals surface area (Å²) >= 11 is -2.12. The number of nitrogens with zero attached hydrogens (tertiary/aromatic N) is 6. The van der Waals surface area contributed by atoms with E-state index in [0.29, 0.717) is 25.6 Å². The van der Waals surface area contributed by atoms with Crippen molar-refractivity contribution in [3.05, 3.63) is 41.9 Å². The molecule has 1 fully saturated rings. The Balaban J connectivity index is 1.56. The van der Waals surface area contributed by atoms with E-state index in [-0.39, 0.29) is 5.95 Å². The van der Waals surface area contributed by atoms with Crippen LogP contribution in [0.1, 0.15) is 12.0 Å².